The van der Waals surface area contributed by atoms with Crippen LogP contribution in [0.15, 0.2) is 42.7 Å². The molecule has 2 heterocycles. The molecule has 3 rings (SSSR count). The summed E-state index contributed by atoms with van der Waals surface area (Å²) in [5.74, 6) is -0.167. The Morgan fingerprint density at radius 2 is 2.13 bits per heavy atom. The summed E-state index contributed by atoms with van der Waals surface area (Å²) < 4.78 is 1.85. The summed E-state index contributed by atoms with van der Waals surface area (Å²) in [5, 5.41) is 13.1. The maximum Gasteiger partial charge on any atom is 0.303 e. The molecular formula is C18H23N3O2. The lowest BCUT2D eigenvalue weighted by Crippen LogP contribution is -2.35. The van der Waals surface area contributed by atoms with Gasteiger partial charge in [0.25, 0.3) is 0 Å². The fraction of sp³-hybridized carbons (Fsp3) is 0.444. The third-order valence-corrected chi connectivity index (χ3v) is 4.48. The van der Waals surface area contributed by atoms with E-state index < -0.39 is 5.97 Å². The van der Waals surface area contributed by atoms with Crippen molar-refractivity contribution in [3.8, 4) is 5.69 Å². The fourth-order valence-corrected chi connectivity index (χ4v) is 3.29. The Labute approximate surface area is 136 Å². The first-order valence-corrected chi connectivity index (χ1v) is 8.24. The number of nitrogens with zero attached hydrogens (tertiary/aromatic N) is 3. The maximum atomic E-state index is 10.7. The van der Waals surface area contributed by atoms with E-state index in [4.69, 9.17) is 5.11 Å². The van der Waals surface area contributed by atoms with Crippen LogP contribution in [0.1, 0.15) is 31.2 Å². The minimum absolute atomic E-state index is 0.289. The molecule has 5 nitrogen and oxygen atoms in total. The van der Waals surface area contributed by atoms with Crippen molar-refractivity contribution in [3.63, 3.8) is 0 Å². The third-order valence-electron chi connectivity index (χ3n) is 4.48. The maximum absolute atomic E-state index is 10.7. The van der Waals surface area contributed by atoms with Gasteiger partial charge >= 0.3 is 5.97 Å². The number of carbonyl (C=O) groups is 1. The van der Waals surface area contributed by atoms with Gasteiger partial charge in [-0.15, -0.1) is 0 Å². The number of hydrogen-bond donors (Lipinski definition) is 1. The lowest BCUT2D eigenvalue weighted by molar-refractivity contribution is -0.137. The molecule has 1 aromatic carbocycles. The van der Waals surface area contributed by atoms with Crippen molar-refractivity contribution < 1.29 is 9.90 Å². The van der Waals surface area contributed by atoms with E-state index in [-0.39, 0.29) is 6.42 Å². The van der Waals surface area contributed by atoms with E-state index in [1.807, 2.05) is 16.9 Å². The minimum Gasteiger partial charge on any atom is -0.481 e. The van der Waals surface area contributed by atoms with Crippen LogP contribution in [-0.4, -0.2) is 38.8 Å². The number of rotatable bonds is 6. The highest BCUT2D eigenvalue weighted by Gasteiger charge is 2.20. The third kappa shape index (κ3) is 4.42. The fourth-order valence-electron chi connectivity index (χ4n) is 3.29. The Morgan fingerprint density at radius 1 is 1.30 bits per heavy atom. The van der Waals surface area contributed by atoms with Gasteiger partial charge in [0.05, 0.1) is 5.69 Å². The van der Waals surface area contributed by atoms with Crippen LogP contribution in [0.4, 0.5) is 0 Å². The molecule has 2 aromatic rings. The van der Waals surface area contributed by atoms with Crippen LogP contribution >= 0.6 is 0 Å². The topological polar surface area (TPSA) is 58.4 Å². The van der Waals surface area contributed by atoms with E-state index in [1.54, 1.807) is 6.20 Å². The van der Waals surface area contributed by atoms with Gasteiger partial charge in [0.2, 0.25) is 0 Å². The molecule has 0 bridgehead atoms. The van der Waals surface area contributed by atoms with Crippen molar-refractivity contribution >= 4 is 5.97 Å². The van der Waals surface area contributed by atoms with E-state index in [9.17, 15) is 4.79 Å². The zero-order valence-electron chi connectivity index (χ0n) is 13.3. The van der Waals surface area contributed by atoms with Gasteiger partial charge in [-0.2, -0.15) is 5.10 Å². The molecule has 23 heavy (non-hydrogen) atoms. The Hall–Kier alpha value is -2.14. The predicted octanol–water partition coefficient (Wildman–Crippen LogP) is 2.95. The summed E-state index contributed by atoms with van der Waals surface area (Å²) in [4.78, 5) is 13.2. The molecule has 5 heteroatoms. The second-order valence-electron chi connectivity index (χ2n) is 6.29. The van der Waals surface area contributed by atoms with Gasteiger partial charge in [-0.1, -0.05) is 12.1 Å². The molecule has 0 spiro atoms. The van der Waals surface area contributed by atoms with Gasteiger partial charge in [-0.25, -0.2) is 4.68 Å². The average molecular weight is 313 g/mol. The zero-order valence-corrected chi connectivity index (χ0v) is 13.3. The molecule has 122 valence electrons. The summed E-state index contributed by atoms with van der Waals surface area (Å²) in [7, 11) is 0. The quantitative estimate of drug-likeness (QED) is 0.891. The molecule has 0 aliphatic carbocycles. The van der Waals surface area contributed by atoms with Crippen molar-refractivity contribution in [2.45, 2.75) is 32.2 Å². The van der Waals surface area contributed by atoms with Gasteiger partial charge in [-0.05, 0) is 55.5 Å². The van der Waals surface area contributed by atoms with Crippen LogP contribution in [-0.2, 0) is 11.3 Å². The van der Waals surface area contributed by atoms with Crippen molar-refractivity contribution in [1.82, 2.24) is 14.7 Å². The van der Waals surface area contributed by atoms with Crippen LogP contribution in [0, 0.1) is 5.92 Å². The molecule has 0 radical (unpaired) electrons. The summed E-state index contributed by atoms with van der Waals surface area (Å²) in [6.45, 7) is 3.04. The average Bonchev–Trinajstić information content (AvgIpc) is 3.08. The SMILES string of the molecule is O=C(O)CCC1CCCN(Cc2ccc(-n3cccn3)cc2)C1. The standard InChI is InChI=1S/C18H23N3O2/c22-18(23)9-6-15-3-1-11-20(13-15)14-16-4-7-17(8-5-16)21-12-2-10-19-21/h2,4-5,7-8,10,12,15H,1,3,6,9,11,13-14H2,(H,22,23). The lowest BCUT2D eigenvalue weighted by atomic mass is 9.93. The smallest absolute Gasteiger partial charge is 0.303 e. The lowest BCUT2D eigenvalue weighted by Gasteiger charge is -2.32. The highest BCUT2D eigenvalue weighted by Crippen LogP contribution is 2.22. The van der Waals surface area contributed by atoms with Crippen LogP contribution in [0.5, 0.6) is 0 Å². The van der Waals surface area contributed by atoms with Crippen molar-refractivity contribution in [3.05, 3.63) is 48.3 Å². The zero-order chi connectivity index (χ0) is 16.1. The highest BCUT2D eigenvalue weighted by molar-refractivity contribution is 5.66. The van der Waals surface area contributed by atoms with Gasteiger partial charge in [-0.3, -0.25) is 9.69 Å². The van der Waals surface area contributed by atoms with Crippen LogP contribution in [0.25, 0.3) is 5.69 Å². The molecule has 1 aliphatic heterocycles. The largest absolute Gasteiger partial charge is 0.481 e. The molecular weight excluding hydrogens is 290 g/mol. The molecule has 1 N–H and O–H groups in total. The Balaban J connectivity index is 1.55. The first-order chi connectivity index (χ1) is 11.2. The number of piperidine rings is 1. The van der Waals surface area contributed by atoms with E-state index in [2.05, 4.69) is 34.3 Å². The predicted molar refractivity (Wildman–Crippen MR) is 88.4 cm³/mol. The molecule has 1 fully saturated rings. The Kier molecular flexibility index (Phi) is 5.08. The molecule has 1 atom stereocenters. The molecule has 0 saturated carbocycles. The molecule has 1 aromatic heterocycles. The number of aliphatic carboxylic acids is 1. The normalized spacial score (nSPS) is 18.9. The second kappa shape index (κ2) is 7.42. The van der Waals surface area contributed by atoms with Gasteiger partial charge < -0.3 is 5.11 Å². The molecule has 1 unspecified atom stereocenters. The summed E-state index contributed by atoms with van der Waals surface area (Å²) in [5.41, 5.74) is 2.36. The van der Waals surface area contributed by atoms with E-state index in [0.29, 0.717) is 5.92 Å². The van der Waals surface area contributed by atoms with Crippen LogP contribution < -0.4 is 0 Å². The minimum atomic E-state index is -0.684. The number of likely N-dealkylation sites (tertiary alicyclic amines) is 1. The summed E-state index contributed by atoms with van der Waals surface area (Å²) in [6, 6.07) is 10.4. The van der Waals surface area contributed by atoms with Crippen molar-refractivity contribution in [2.24, 2.45) is 5.92 Å². The van der Waals surface area contributed by atoms with Crippen LogP contribution in [0.3, 0.4) is 0 Å². The van der Waals surface area contributed by atoms with Crippen LogP contribution in [0.2, 0.25) is 0 Å². The number of carboxylic acid groups (broad SMARTS) is 1. The molecule has 1 saturated heterocycles. The Morgan fingerprint density at radius 3 is 2.83 bits per heavy atom. The Bertz CT molecular complexity index is 622. The number of benzene rings is 1. The summed E-state index contributed by atoms with van der Waals surface area (Å²) in [6.07, 6.45) is 7.12. The van der Waals surface area contributed by atoms with Crippen molar-refractivity contribution in [1.29, 1.82) is 0 Å². The number of hydrogen-bond acceptors (Lipinski definition) is 3. The monoisotopic (exact) mass is 313 g/mol. The molecule has 0 amide bonds. The van der Waals surface area contributed by atoms with Gasteiger partial charge in [0.15, 0.2) is 0 Å². The van der Waals surface area contributed by atoms with Gasteiger partial charge in [0.1, 0.15) is 0 Å². The summed E-state index contributed by atoms with van der Waals surface area (Å²) >= 11 is 0. The highest BCUT2D eigenvalue weighted by atomic mass is 16.4. The molecule has 1 aliphatic rings. The second-order valence-corrected chi connectivity index (χ2v) is 6.29. The first-order valence-electron chi connectivity index (χ1n) is 8.24. The van der Waals surface area contributed by atoms with E-state index in [1.165, 1.54) is 5.56 Å². The number of carboxylic acids is 1. The van der Waals surface area contributed by atoms with E-state index >= 15 is 0 Å². The van der Waals surface area contributed by atoms with E-state index in [0.717, 1.165) is 44.6 Å². The number of aromatic nitrogens is 2. The van der Waals surface area contributed by atoms with Crippen molar-refractivity contribution in [2.75, 3.05) is 13.1 Å². The first kappa shape index (κ1) is 15.7. The van der Waals surface area contributed by atoms with Gasteiger partial charge in [0, 0.05) is 31.9 Å².